The van der Waals surface area contributed by atoms with Crippen LogP contribution in [0.3, 0.4) is 0 Å². The molecule has 5 heteroatoms. The van der Waals surface area contributed by atoms with Crippen molar-refractivity contribution in [2.75, 3.05) is 20.5 Å². The van der Waals surface area contributed by atoms with Crippen LogP contribution in [0.4, 0.5) is 0 Å². The van der Waals surface area contributed by atoms with Crippen molar-refractivity contribution in [2.45, 2.75) is 6.92 Å². The van der Waals surface area contributed by atoms with E-state index in [1.807, 2.05) is 19.1 Å². The van der Waals surface area contributed by atoms with Gasteiger partial charge in [0.25, 0.3) is 0 Å². The van der Waals surface area contributed by atoms with Crippen molar-refractivity contribution in [3.8, 4) is 11.5 Å². The van der Waals surface area contributed by atoms with Crippen LogP contribution in [0.2, 0.25) is 0 Å². The Hall–Kier alpha value is -0.910. The van der Waals surface area contributed by atoms with E-state index < -0.39 is 10.9 Å². The SMILES string of the molecule is COc1cc(C)cc(OS(C)(O)OC)c1. The lowest BCUT2D eigenvalue weighted by molar-refractivity contribution is 0.330. The highest BCUT2D eigenvalue weighted by atomic mass is 32.3. The van der Waals surface area contributed by atoms with Crippen molar-refractivity contribution < 1.29 is 17.7 Å². The van der Waals surface area contributed by atoms with Crippen molar-refractivity contribution in [1.29, 1.82) is 0 Å². The van der Waals surface area contributed by atoms with Gasteiger partial charge in [0.15, 0.2) is 0 Å². The molecule has 15 heavy (non-hydrogen) atoms. The average Bonchev–Trinajstić information content (AvgIpc) is 2.16. The second-order valence-corrected chi connectivity index (χ2v) is 5.13. The Kier molecular flexibility index (Phi) is 3.84. The number of methoxy groups -OCH3 is 1. The van der Waals surface area contributed by atoms with Crippen LogP contribution in [-0.2, 0) is 4.18 Å². The Morgan fingerprint density at radius 1 is 1.13 bits per heavy atom. The minimum absolute atomic E-state index is 0.536. The summed E-state index contributed by atoms with van der Waals surface area (Å²) in [7, 11) is 0.518. The van der Waals surface area contributed by atoms with Gasteiger partial charge in [-0.25, -0.2) is 0 Å². The Morgan fingerprint density at radius 3 is 2.27 bits per heavy atom. The highest BCUT2D eigenvalue weighted by Crippen LogP contribution is 2.42. The van der Waals surface area contributed by atoms with E-state index in [9.17, 15) is 4.55 Å². The highest BCUT2D eigenvalue weighted by Gasteiger charge is 2.15. The van der Waals surface area contributed by atoms with Crippen molar-refractivity contribution in [2.24, 2.45) is 0 Å². The van der Waals surface area contributed by atoms with Gasteiger partial charge in [-0.1, -0.05) is 0 Å². The lowest BCUT2D eigenvalue weighted by atomic mass is 10.2. The molecule has 0 spiro atoms. The number of hydrogen-bond donors (Lipinski definition) is 1. The minimum atomic E-state index is -2.47. The maximum absolute atomic E-state index is 9.63. The van der Waals surface area contributed by atoms with Crippen molar-refractivity contribution in [3.05, 3.63) is 23.8 Å². The predicted octanol–water partition coefficient (Wildman–Crippen LogP) is 2.77. The molecule has 1 aromatic carbocycles. The zero-order chi connectivity index (χ0) is 11.5. The molecule has 0 saturated carbocycles. The van der Waals surface area contributed by atoms with E-state index in [0.29, 0.717) is 11.5 Å². The molecule has 1 aromatic rings. The van der Waals surface area contributed by atoms with E-state index in [1.54, 1.807) is 13.2 Å². The molecule has 0 fully saturated rings. The van der Waals surface area contributed by atoms with Crippen LogP contribution < -0.4 is 8.92 Å². The van der Waals surface area contributed by atoms with Crippen molar-refractivity contribution >= 4 is 10.9 Å². The summed E-state index contributed by atoms with van der Waals surface area (Å²) in [5.74, 6) is 1.23. The third-order valence-electron chi connectivity index (χ3n) is 1.82. The number of rotatable bonds is 4. The van der Waals surface area contributed by atoms with E-state index in [0.717, 1.165) is 5.56 Å². The summed E-state index contributed by atoms with van der Waals surface area (Å²) >= 11 is 0. The van der Waals surface area contributed by atoms with Crippen molar-refractivity contribution in [3.63, 3.8) is 0 Å². The number of hydrogen-bond acceptors (Lipinski definition) is 4. The van der Waals surface area contributed by atoms with Crippen LogP contribution in [-0.4, -0.2) is 25.0 Å². The Morgan fingerprint density at radius 2 is 1.73 bits per heavy atom. The molecule has 0 radical (unpaired) electrons. The van der Waals surface area contributed by atoms with Gasteiger partial charge in [0.1, 0.15) is 22.4 Å². The van der Waals surface area contributed by atoms with E-state index in [4.69, 9.17) is 13.1 Å². The Labute approximate surface area is 91.7 Å². The number of ether oxygens (including phenoxy) is 1. The summed E-state index contributed by atoms with van der Waals surface area (Å²) in [6.45, 7) is 1.92. The second-order valence-electron chi connectivity index (χ2n) is 3.17. The van der Waals surface area contributed by atoms with Crippen LogP contribution in [0.5, 0.6) is 11.5 Å². The molecular weight excluding hydrogens is 216 g/mol. The van der Waals surface area contributed by atoms with Gasteiger partial charge in [0.05, 0.1) is 14.2 Å². The van der Waals surface area contributed by atoms with Crippen LogP contribution in [0, 0.1) is 6.92 Å². The molecule has 86 valence electrons. The van der Waals surface area contributed by atoms with Gasteiger partial charge in [-0.2, -0.15) is 0 Å². The van der Waals surface area contributed by atoms with Gasteiger partial charge < -0.3 is 8.92 Å². The molecule has 1 atom stereocenters. The first kappa shape index (κ1) is 12.2. The first-order chi connectivity index (χ1) is 6.96. The topological polar surface area (TPSA) is 47.9 Å². The highest BCUT2D eigenvalue weighted by molar-refractivity contribution is 8.20. The van der Waals surface area contributed by atoms with Crippen LogP contribution >= 0.6 is 10.9 Å². The molecule has 0 amide bonds. The van der Waals surface area contributed by atoms with E-state index in [-0.39, 0.29) is 0 Å². The van der Waals surface area contributed by atoms with E-state index in [2.05, 4.69) is 0 Å². The quantitative estimate of drug-likeness (QED) is 0.867. The normalized spacial score (nSPS) is 16.6. The summed E-state index contributed by atoms with van der Waals surface area (Å²) in [6, 6.07) is 5.39. The van der Waals surface area contributed by atoms with Gasteiger partial charge in [-0.15, -0.1) is 0 Å². The standard InChI is InChI=1S/C10H16O4S/c1-8-5-9(12-2)7-10(6-8)14-15(4,11)13-3/h5-7,11H,1-4H3. The smallest absolute Gasteiger partial charge is 0.144 e. The molecular formula is C10H16O4S. The largest absolute Gasteiger partial charge is 0.497 e. The molecule has 1 N–H and O–H groups in total. The van der Waals surface area contributed by atoms with Gasteiger partial charge >= 0.3 is 0 Å². The monoisotopic (exact) mass is 232 g/mol. The molecule has 1 rings (SSSR count). The summed E-state index contributed by atoms with van der Waals surface area (Å²) in [6.07, 6.45) is 1.50. The Balaban J connectivity index is 2.90. The molecule has 0 heterocycles. The molecule has 0 aliphatic rings. The molecule has 1 unspecified atom stereocenters. The zero-order valence-electron chi connectivity index (χ0n) is 9.31. The second kappa shape index (κ2) is 4.74. The summed E-state index contributed by atoms with van der Waals surface area (Å²) in [5.41, 5.74) is 0.996. The predicted molar refractivity (Wildman–Crippen MR) is 61.5 cm³/mol. The third-order valence-corrected chi connectivity index (χ3v) is 2.94. The zero-order valence-corrected chi connectivity index (χ0v) is 10.1. The van der Waals surface area contributed by atoms with Crippen molar-refractivity contribution in [1.82, 2.24) is 0 Å². The lowest BCUT2D eigenvalue weighted by Crippen LogP contribution is -2.06. The third kappa shape index (κ3) is 3.62. The lowest BCUT2D eigenvalue weighted by Gasteiger charge is -2.26. The molecule has 0 aliphatic carbocycles. The molecule has 0 saturated heterocycles. The van der Waals surface area contributed by atoms with Gasteiger partial charge in [0.2, 0.25) is 0 Å². The maximum atomic E-state index is 9.63. The minimum Gasteiger partial charge on any atom is -0.497 e. The molecule has 0 bridgehead atoms. The fourth-order valence-electron chi connectivity index (χ4n) is 1.09. The van der Waals surface area contributed by atoms with Crippen LogP contribution in [0.25, 0.3) is 0 Å². The summed E-state index contributed by atoms with van der Waals surface area (Å²) < 4.78 is 24.9. The summed E-state index contributed by atoms with van der Waals surface area (Å²) in [4.78, 5) is 0. The fraction of sp³-hybridized carbons (Fsp3) is 0.400. The van der Waals surface area contributed by atoms with Gasteiger partial charge in [-0.05, 0) is 24.6 Å². The van der Waals surface area contributed by atoms with Crippen LogP contribution in [0.1, 0.15) is 5.56 Å². The molecule has 4 nitrogen and oxygen atoms in total. The molecule has 0 aromatic heterocycles. The van der Waals surface area contributed by atoms with Gasteiger partial charge in [0, 0.05) is 12.3 Å². The first-order valence-electron chi connectivity index (χ1n) is 4.38. The Bertz CT molecular complexity index is 338. The number of aryl methyl sites for hydroxylation is 1. The average molecular weight is 232 g/mol. The van der Waals surface area contributed by atoms with Gasteiger partial charge in [-0.3, -0.25) is 8.74 Å². The van der Waals surface area contributed by atoms with E-state index in [1.165, 1.54) is 13.4 Å². The van der Waals surface area contributed by atoms with E-state index >= 15 is 0 Å². The first-order valence-corrected chi connectivity index (χ1v) is 6.23. The molecule has 0 aliphatic heterocycles. The fourth-order valence-corrected chi connectivity index (χ4v) is 1.61. The number of benzene rings is 1. The van der Waals surface area contributed by atoms with Crippen LogP contribution in [0.15, 0.2) is 18.2 Å². The maximum Gasteiger partial charge on any atom is 0.144 e. The summed E-state index contributed by atoms with van der Waals surface area (Å²) in [5, 5.41) is 0.